The summed E-state index contributed by atoms with van der Waals surface area (Å²) in [6.07, 6.45) is 0.224. The number of aromatic amines is 1. The normalized spacial score (nSPS) is 15.3. The van der Waals surface area contributed by atoms with Gasteiger partial charge in [-0.25, -0.2) is 0 Å². The molecule has 4 aromatic carbocycles. The lowest BCUT2D eigenvalue weighted by Crippen LogP contribution is -2.27. The Morgan fingerprint density at radius 1 is 0.900 bits per heavy atom. The maximum absolute atomic E-state index is 14.0. The summed E-state index contributed by atoms with van der Waals surface area (Å²) in [5.41, 5.74) is 3.41. The van der Waals surface area contributed by atoms with Crippen molar-refractivity contribution in [2.24, 2.45) is 5.10 Å². The summed E-state index contributed by atoms with van der Waals surface area (Å²) < 4.78 is 35.2. The Morgan fingerprint density at radius 3 is 2.25 bits per heavy atom. The number of hydrazone groups is 1. The van der Waals surface area contributed by atoms with Crippen molar-refractivity contribution in [2.75, 3.05) is 7.11 Å². The van der Waals surface area contributed by atoms with Crippen LogP contribution in [0.15, 0.2) is 122 Å². The number of ether oxygens (including phenoxy) is 1. The smallest absolute Gasteiger partial charge is 0.279 e. The van der Waals surface area contributed by atoms with Crippen molar-refractivity contribution >= 4 is 42.6 Å². The first-order valence-electron chi connectivity index (χ1n) is 12.6. The molecule has 40 heavy (non-hydrogen) atoms. The van der Waals surface area contributed by atoms with E-state index >= 15 is 0 Å². The zero-order chi connectivity index (χ0) is 27.9. The van der Waals surface area contributed by atoms with E-state index in [1.54, 1.807) is 12.1 Å². The molecule has 1 aromatic heterocycles. The number of methoxy groups -OCH3 is 1. The standard InChI is InChI=1S/C31H24BrN3O4S/c1-39-23-13-15-24(16-14-23)40(37,38)35-28(20-8-4-2-5-9-20)19-27(34-35)30-29(21-10-6-3-7-11-21)25-18-22(32)12-17-26(25)33-31(30)36/h2-18,28H,19H2,1H3,(H,33,36)/t28-/m0/s1. The topological polar surface area (TPSA) is 91.8 Å². The predicted octanol–water partition coefficient (Wildman–Crippen LogP) is 6.51. The summed E-state index contributed by atoms with van der Waals surface area (Å²) >= 11 is 3.56. The largest absolute Gasteiger partial charge is 0.497 e. The van der Waals surface area contributed by atoms with Gasteiger partial charge in [0.25, 0.3) is 15.6 Å². The molecule has 0 spiro atoms. The van der Waals surface area contributed by atoms with Crippen molar-refractivity contribution in [3.8, 4) is 16.9 Å². The van der Waals surface area contributed by atoms with Crippen LogP contribution in [0.5, 0.6) is 5.75 Å². The zero-order valence-corrected chi connectivity index (χ0v) is 23.8. The molecule has 0 radical (unpaired) electrons. The van der Waals surface area contributed by atoms with Gasteiger partial charge in [0, 0.05) is 27.4 Å². The second-order valence-corrected chi connectivity index (χ2v) is 12.1. The van der Waals surface area contributed by atoms with Crippen LogP contribution in [0.25, 0.3) is 22.0 Å². The Labute approximate surface area is 239 Å². The molecule has 0 aliphatic carbocycles. The van der Waals surface area contributed by atoms with Gasteiger partial charge in [0.15, 0.2) is 0 Å². The molecule has 1 atom stereocenters. The molecule has 1 aliphatic heterocycles. The molecule has 0 amide bonds. The van der Waals surface area contributed by atoms with Crippen LogP contribution in [0, 0.1) is 0 Å². The van der Waals surface area contributed by atoms with Crippen molar-refractivity contribution in [1.29, 1.82) is 0 Å². The predicted molar refractivity (Wildman–Crippen MR) is 160 cm³/mol. The van der Waals surface area contributed by atoms with Gasteiger partial charge in [-0.15, -0.1) is 0 Å². The van der Waals surface area contributed by atoms with Crippen LogP contribution in [0.3, 0.4) is 0 Å². The Hall–Kier alpha value is -4.21. The molecule has 200 valence electrons. The van der Waals surface area contributed by atoms with Crippen LogP contribution in [0.2, 0.25) is 0 Å². The number of H-pyrrole nitrogens is 1. The first kappa shape index (κ1) is 26.0. The summed E-state index contributed by atoms with van der Waals surface area (Å²) in [6.45, 7) is 0. The third-order valence-electron chi connectivity index (χ3n) is 6.99. The first-order chi connectivity index (χ1) is 19.4. The monoisotopic (exact) mass is 613 g/mol. The Balaban J connectivity index is 1.58. The van der Waals surface area contributed by atoms with Crippen molar-refractivity contribution in [3.63, 3.8) is 0 Å². The third-order valence-corrected chi connectivity index (χ3v) is 9.18. The van der Waals surface area contributed by atoms with E-state index in [1.807, 2.05) is 78.9 Å². The maximum Gasteiger partial charge on any atom is 0.279 e. The molecule has 0 saturated carbocycles. The molecular formula is C31H24BrN3O4S. The molecule has 9 heteroatoms. The molecule has 5 aromatic rings. The van der Waals surface area contributed by atoms with Gasteiger partial charge >= 0.3 is 0 Å². The summed E-state index contributed by atoms with van der Waals surface area (Å²) in [5.74, 6) is 0.547. The average molecular weight is 615 g/mol. The van der Waals surface area contributed by atoms with Gasteiger partial charge in [0.05, 0.1) is 29.3 Å². The lowest BCUT2D eigenvalue weighted by atomic mass is 9.91. The van der Waals surface area contributed by atoms with Gasteiger partial charge in [-0.1, -0.05) is 76.6 Å². The molecule has 1 aliphatic rings. The van der Waals surface area contributed by atoms with Gasteiger partial charge < -0.3 is 9.72 Å². The van der Waals surface area contributed by atoms with E-state index in [9.17, 15) is 13.2 Å². The van der Waals surface area contributed by atoms with Crippen molar-refractivity contribution in [2.45, 2.75) is 17.4 Å². The Bertz CT molecular complexity index is 1910. The fraction of sp³-hybridized carbons (Fsp3) is 0.0968. The lowest BCUT2D eigenvalue weighted by molar-refractivity contribution is 0.371. The van der Waals surface area contributed by atoms with Crippen LogP contribution >= 0.6 is 15.9 Å². The van der Waals surface area contributed by atoms with Crippen LogP contribution in [-0.2, 0) is 10.0 Å². The minimum atomic E-state index is -4.07. The molecule has 7 nitrogen and oxygen atoms in total. The van der Waals surface area contributed by atoms with Gasteiger partial charge in [0.1, 0.15) is 5.75 Å². The number of halogens is 1. The van der Waals surface area contributed by atoms with Crippen LogP contribution in [0.4, 0.5) is 0 Å². The first-order valence-corrected chi connectivity index (χ1v) is 14.8. The molecule has 0 bridgehead atoms. The van der Waals surface area contributed by atoms with E-state index in [1.165, 1.54) is 19.2 Å². The lowest BCUT2D eigenvalue weighted by Gasteiger charge is -2.23. The molecule has 0 unspecified atom stereocenters. The summed E-state index contributed by atoms with van der Waals surface area (Å²) in [7, 11) is -2.55. The second kappa shape index (κ2) is 10.4. The number of benzene rings is 4. The molecule has 0 saturated heterocycles. The van der Waals surface area contributed by atoms with E-state index in [2.05, 4.69) is 26.0 Å². The number of nitrogens with one attached hydrogen (secondary N) is 1. The number of pyridine rings is 1. The van der Waals surface area contributed by atoms with Crippen LogP contribution in [0.1, 0.15) is 23.6 Å². The van der Waals surface area contributed by atoms with Crippen molar-refractivity contribution in [3.05, 3.63) is 129 Å². The quantitative estimate of drug-likeness (QED) is 0.236. The average Bonchev–Trinajstić information content (AvgIpc) is 3.44. The molecular weight excluding hydrogens is 590 g/mol. The highest BCUT2D eigenvalue weighted by Crippen LogP contribution is 2.40. The minimum absolute atomic E-state index is 0.0823. The van der Waals surface area contributed by atoms with Crippen LogP contribution < -0.4 is 10.3 Å². The van der Waals surface area contributed by atoms with Crippen molar-refractivity contribution < 1.29 is 13.2 Å². The van der Waals surface area contributed by atoms with E-state index in [0.717, 1.165) is 25.4 Å². The maximum atomic E-state index is 14.0. The number of hydrogen-bond donors (Lipinski definition) is 1. The third kappa shape index (κ3) is 4.61. The number of aromatic nitrogens is 1. The Morgan fingerprint density at radius 2 is 1.57 bits per heavy atom. The molecule has 6 rings (SSSR count). The molecule has 1 N–H and O–H groups in total. The zero-order valence-electron chi connectivity index (χ0n) is 21.4. The summed E-state index contributed by atoms with van der Waals surface area (Å²) in [6, 6.07) is 30.2. The van der Waals surface area contributed by atoms with E-state index in [0.29, 0.717) is 28.1 Å². The Kier molecular flexibility index (Phi) is 6.77. The molecule has 2 heterocycles. The van der Waals surface area contributed by atoms with Crippen molar-refractivity contribution in [1.82, 2.24) is 9.40 Å². The second-order valence-electron chi connectivity index (χ2n) is 9.39. The van der Waals surface area contributed by atoms with E-state index < -0.39 is 16.1 Å². The number of rotatable bonds is 6. The minimum Gasteiger partial charge on any atom is -0.497 e. The number of fused-ring (bicyclic) bond motifs is 1. The van der Waals surface area contributed by atoms with Gasteiger partial charge in [0.2, 0.25) is 0 Å². The van der Waals surface area contributed by atoms with Gasteiger partial charge in [-0.3, -0.25) is 4.79 Å². The van der Waals surface area contributed by atoms with Crippen LogP contribution in [-0.4, -0.2) is 30.6 Å². The van der Waals surface area contributed by atoms with E-state index in [-0.39, 0.29) is 16.9 Å². The van der Waals surface area contributed by atoms with Gasteiger partial charge in [-0.2, -0.15) is 17.9 Å². The number of hydrogen-bond acceptors (Lipinski definition) is 5. The molecule has 0 fully saturated rings. The van der Waals surface area contributed by atoms with Gasteiger partial charge in [-0.05, 0) is 53.6 Å². The number of nitrogens with zero attached hydrogens (tertiary/aromatic N) is 2. The highest BCUT2D eigenvalue weighted by Gasteiger charge is 2.39. The SMILES string of the molecule is COc1ccc(S(=O)(=O)N2N=C(c3c(-c4ccccc4)c4cc(Br)ccc4[nH]c3=O)C[C@H]2c2ccccc2)cc1. The van der Waals surface area contributed by atoms with E-state index in [4.69, 9.17) is 4.74 Å². The number of sulfonamides is 1. The summed E-state index contributed by atoms with van der Waals surface area (Å²) in [4.78, 5) is 16.8. The highest BCUT2D eigenvalue weighted by atomic mass is 79.9. The highest BCUT2D eigenvalue weighted by molar-refractivity contribution is 9.10. The fourth-order valence-electron chi connectivity index (χ4n) is 5.09. The summed E-state index contributed by atoms with van der Waals surface area (Å²) in [5, 5.41) is 5.51. The fourth-order valence-corrected chi connectivity index (χ4v) is 6.88.